The largest absolute Gasteiger partial charge is 0.0616 e. The monoisotopic (exact) mass is 256 g/mol. The van der Waals surface area contributed by atoms with Gasteiger partial charge in [-0.1, -0.05) is 72.8 Å². The van der Waals surface area contributed by atoms with Crippen LogP contribution in [0.4, 0.5) is 0 Å². The first-order valence-corrected chi connectivity index (χ1v) is 6.57. The van der Waals surface area contributed by atoms with Crippen LogP contribution >= 0.6 is 0 Å². The molecule has 2 aromatic rings. The van der Waals surface area contributed by atoms with E-state index in [4.69, 9.17) is 0 Å². The third-order valence-electron chi connectivity index (χ3n) is 2.82. The molecule has 0 bridgehead atoms. The average molecular weight is 256 g/mol. The molecular formula is C20H16. The van der Waals surface area contributed by atoms with E-state index >= 15 is 0 Å². The highest BCUT2D eigenvalue weighted by Crippen LogP contribution is 2.09. The Morgan fingerprint density at radius 2 is 0.950 bits per heavy atom. The normalized spacial score (nSPS) is 8.70. The van der Waals surface area contributed by atoms with Crippen molar-refractivity contribution in [3.05, 3.63) is 96.1 Å². The van der Waals surface area contributed by atoms with Gasteiger partial charge >= 0.3 is 0 Å². The van der Waals surface area contributed by atoms with Crippen LogP contribution in [-0.2, 0) is 0 Å². The van der Waals surface area contributed by atoms with E-state index in [-0.39, 0.29) is 0 Å². The molecule has 0 unspecified atom stereocenters. The molecule has 96 valence electrons. The zero-order valence-corrected chi connectivity index (χ0v) is 11.8. The van der Waals surface area contributed by atoms with Crippen LogP contribution in [0.2, 0.25) is 0 Å². The highest BCUT2D eigenvalue weighted by Gasteiger charge is 1.83. The number of benzene rings is 1. The van der Waals surface area contributed by atoms with Gasteiger partial charge in [0.15, 0.2) is 0 Å². The van der Waals surface area contributed by atoms with Crippen LogP contribution in [0.1, 0.15) is 11.1 Å². The topological polar surface area (TPSA) is 0 Å². The van der Waals surface area contributed by atoms with Gasteiger partial charge < -0.3 is 0 Å². The number of hydrogen-bond acceptors (Lipinski definition) is 0. The summed E-state index contributed by atoms with van der Waals surface area (Å²) in [7, 11) is 0. The Hall–Kier alpha value is -2.70. The van der Waals surface area contributed by atoms with Crippen molar-refractivity contribution in [2.24, 2.45) is 0 Å². The summed E-state index contributed by atoms with van der Waals surface area (Å²) in [6.45, 7) is 3.97. The van der Waals surface area contributed by atoms with Crippen LogP contribution in [0.3, 0.4) is 0 Å². The zero-order chi connectivity index (χ0) is 14.2. The number of aryl methyl sites for hydroxylation is 2. The lowest BCUT2D eigenvalue weighted by Gasteiger charge is -1.90. The van der Waals surface area contributed by atoms with Gasteiger partial charge in [0.25, 0.3) is 0 Å². The molecule has 20 heavy (non-hydrogen) atoms. The average Bonchev–Trinajstić information content (AvgIpc) is 2.44. The second-order valence-electron chi connectivity index (χ2n) is 4.55. The highest BCUT2D eigenvalue weighted by atomic mass is 13.9. The lowest BCUT2D eigenvalue weighted by atomic mass is 10.2. The molecule has 0 aliphatic rings. The Kier molecular flexibility index (Phi) is 4.82. The predicted octanol–water partition coefficient (Wildman–Crippen LogP) is 4.91. The first-order valence-electron chi connectivity index (χ1n) is 6.57. The van der Waals surface area contributed by atoms with Gasteiger partial charge in [-0.15, -0.1) is 0 Å². The van der Waals surface area contributed by atoms with E-state index in [1.165, 1.54) is 10.8 Å². The maximum Gasteiger partial charge on any atom is -0.0000494 e. The first-order chi connectivity index (χ1) is 9.75. The van der Waals surface area contributed by atoms with Crippen LogP contribution in [0.25, 0.3) is 10.8 Å². The van der Waals surface area contributed by atoms with Gasteiger partial charge in [-0.05, 0) is 47.9 Å². The van der Waals surface area contributed by atoms with Crippen LogP contribution in [0.5, 0.6) is 0 Å². The molecule has 0 amide bonds. The fourth-order valence-corrected chi connectivity index (χ4v) is 1.75. The smallest absolute Gasteiger partial charge is 0.0000494 e. The quantitative estimate of drug-likeness (QED) is 0.628. The Labute approximate surface area is 121 Å². The second kappa shape index (κ2) is 7.03. The molecule has 0 aromatic heterocycles. The van der Waals surface area contributed by atoms with Crippen molar-refractivity contribution < 1.29 is 0 Å². The molecule has 2 rings (SSSR count). The maximum absolute atomic E-state index is 3.02. The molecule has 0 nitrogen and oxygen atoms in total. The lowest BCUT2D eigenvalue weighted by molar-refractivity contribution is 1.50. The Bertz CT molecular complexity index is 635. The van der Waals surface area contributed by atoms with Crippen LogP contribution < -0.4 is 0 Å². The highest BCUT2D eigenvalue weighted by molar-refractivity contribution is 5.81. The van der Waals surface area contributed by atoms with Crippen LogP contribution in [0.15, 0.2) is 60.7 Å². The van der Waals surface area contributed by atoms with Gasteiger partial charge in [-0.25, -0.2) is 0 Å². The third-order valence-corrected chi connectivity index (χ3v) is 2.82. The molecule has 0 heterocycles. The predicted molar refractivity (Wildman–Crippen MR) is 84.0 cm³/mol. The van der Waals surface area contributed by atoms with E-state index in [0.717, 1.165) is 11.1 Å². The van der Waals surface area contributed by atoms with E-state index in [0.29, 0.717) is 0 Å². The fraction of sp³-hybridized carbons (Fsp3) is 0.100. The summed E-state index contributed by atoms with van der Waals surface area (Å²) in [6.07, 6.45) is 0. The summed E-state index contributed by atoms with van der Waals surface area (Å²) in [5.74, 6) is 0. The molecule has 0 radical (unpaired) electrons. The molecule has 0 aliphatic heterocycles. The van der Waals surface area contributed by atoms with Gasteiger partial charge in [0, 0.05) is 0 Å². The summed E-state index contributed by atoms with van der Waals surface area (Å²) in [5.41, 5.74) is 2.00. The molecule has 0 fully saturated rings. The van der Waals surface area contributed by atoms with Gasteiger partial charge in [-0.2, -0.15) is 0 Å². The number of rotatable bonds is 0. The molecule has 2 aromatic carbocycles. The Balaban J connectivity index is 2.72. The minimum Gasteiger partial charge on any atom is -0.0616 e. The van der Waals surface area contributed by atoms with Gasteiger partial charge in [0.05, 0.1) is 0 Å². The van der Waals surface area contributed by atoms with E-state index in [1.54, 1.807) is 0 Å². The summed E-state index contributed by atoms with van der Waals surface area (Å²) in [6, 6.07) is 32.3. The summed E-state index contributed by atoms with van der Waals surface area (Å²) >= 11 is 0. The number of fused-ring (bicyclic) bond motifs is 1. The molecule has 0 atom stereocenters. The third kappa shape index (κ3) is 4.20. The van der Waals surface area contributed by atoms with Crippen LogP contribution in [-0.4, -0.2) is 0 Å². The Morgan fingerprint density at radius 3 is 1.40 bits per heavy atom. The van der Waals surface area contributed by atoms with Gasteiger partial charge in [0.2, 0.25) is 0 Å². The van der Waals surface area contributed by atoms with E-state index < -0.39 is 0 Å². The van der Waals surface area contributed by atoms with Crippen LogP contribution in [0, 0.1) is 38.1 Å². The standard InChI is InChI=1S/C20H16/c1-17-9-3-4-10-18(2)12-8-16-20-14-6-5-13-19(20)15-7-11-17/h5-8,11-16H,1-2H3. The molecule has 0 aliphatic carbocycles. The Morgan fingerprint density at radius 1 is 0.550 bits per heavy atom. The van der Waals surface area contributed by atoms with Gasteiger partial charge in [-0.3, -0.25) is 0 Å². The number of hydrogen-bond donors (Lipinski definition) is 0. The minimum absolute atomic E-state index is 1.00. The maximum atomic E-state index is 3.02. The molecular weight excluding hydrogens is 240 g/mol. The van der Waals surface area contributed by atoms with Crippen molar-refractivity contribution in [2.75, 3.05) is 0 Å². The van der Waals surface area contributed by atoms with Crippen molar-refractivity contribution in [3.63, 3.8) is 0 Å². The summed E-state index contributed by atoms with van der Waals surface area (Å²) < 4.78 is 0. The van der Waals surface area contributed by atoms with E-state index in [2.05, 4.69) is 48.5 Å². The zero-order valence-electron chi connectivity index (χ0n) is 11.8. The van der Waals surface area contributed by atoms with Crippen molar-refractivity contribution >= 4 is 10.8 Å². The van der Waals surface area contributed by atoms with Crippen molar-refractivity contribution in [2.45, 2.75) is 13.8 Å². The molecule has 0 saturated heterocycles. The molecule has 0 heteroatoms. The summed E-state index contributed by atoms with van der Waals surface area (Å²) in [4.78, 5) is 0. The van der Waals surface area contributed by atoms with Crippen molar-refractivity contribution in [3.8, 4) is 0 Å². The lowest BCUT2D eigenvalue weighted by Crippen LogP contribution is -1.66. The summed E-state index contributed by atoms with van der Waals surface area (Å²) in [5, 5.41) is 2.38. The fourth-order valence-electron chi connectivity index (χ4n) is 1.75. The molecule has 0 spiro atoms. The van der Waals surface area contributed by atoms with E-state index in [1.807, 2.05) is 50.2 Å². The SMILES string of the molecule is Cc1c#cc#cc(C)cccc2ccccc2ccc1. The van der Waals surface area contributed by atoms with Crippen molar-refractivity contribution in [1.29, 1.82) is 0 Å². The first kappa shape index (κ1) is 13.7. The van der Waals surface area contributed by atoms with E-state index in [9.17, 15) is 0 Å². The molecule has 0 N–H and O–H groups in total. The molecule has 0 saturated carbocycles. The van der Waals surface area contributed by atoms with Crippen molar-refractivity contribution in [1.82, 2.24) is 0 Å². The second-order valence-corrected chi connectivity index (χ2v) is 4.55. The minimum atomic E-state index is 1.00. The van der Waals surface area contributed by atoms with Gasteiger partial charge in [0.1, 0.15) is 0 Å².